The van der Waals surface area contributed by atoms with E-state index in [0.717, 1.165) is 31.2 Å². The Labute approximate surface area is 150 Å². The largest absolute Gasteiger partial charge is 0.335 e. The van der Waals surface area contributed by atoms with Crippen LogP contribution < -0.4 is 5.73 Å². The monoisotopic (exact) mass is 354 g/mol. The van der Waals surface area contributed by atoms with Gasteiger partial charge in [0.15, 0.2) is 0 Å². The van der Waals surface area contributed by atoms with Crippen LogP contribution in [0.1, 0.15) is 56.9 Å². The Morgan fingerprint density at radius 2 is 1.79 bits per heavy atom. The van der Waals surface area contributed by atoms with Crippen LogP contribution in [0.5, 0.6) is 0 Å². The second kappa shape index (κ2) is 8.30. The zero-order chi connectivity index (χ0) is 16.3. The average molecular weight is 355 g/mol. The highest BCUT2D eigenvalue weighted by Gasteiger charge is 2.38. The van der Waals surface area contributed by atoms with Crippen LogP contribution in [0.15, 0.2) is 24.3 Å². The lowest BCUT2D eigenvalue weighted by Crippen LogP contribution is -2.41. The van der Waals surface area contributed by atoms with E-state index in [1.54, 1.807) is 12.1 Å². The van der Waals surface area contributed by atoms with Crippen molar-refractivity contribution in [2.45, 2.75) is 64.0 Å². The minimum absolute atomic E-state index is 0. The van der Waals surface area contributed by atoms with Crippen LogP contribution in [0.3, 0.4) is 0 Å². The number of halogens is 2. The molecule has 3 rings (SSSR count). The molecular weight excluding hydrogens is 327 g/mol. The number of rotatable bonds is 6. The first-order chi connectivity index (χ1) is 11.1. The van der Waals surface area contributed by atoms with Crippen molar-refractivity contribution in [1.82, 2.24) is 4.90 Å². The highest BCUT2D eigenvalue weighted by Crippen LogP contribution is 2.40. The van der Waals surface area contributed by atoms with E-state index in [1.165, 1.54) is 31.4 Å². The van der Waals surface area contributed by atoms with Gasteiger partial charge >= 0.3 is 0 Å². The molecule has 1 amide bonds. The lowest BCUT2D eigenvalue weighted by Gasteiger charge is -2.37. The van der Waals surface area contributed by atoms with Crippen molar-refractivity contribution < 1.29 is 9.18 Å². The molecule has 2 fully saturated rings. The van der Waals surface area contributed by atoms with Crippen LogP contribution in [0, 0.1) is 11.2 Å². The van der Waals surface area contributed by atoms with Gasteiger partial charge in [-0.05, 0) is 55.3 Å². The van der Waals surface area contributed by atoms with Gasteiger partial charge in [-0.3, -0.25) is 4.79 Å². The van der Waals surface area contributed by atoms with E-state index in [9.17, 15) is 9.18 Å². The van der Waals surface area contributed by atoms with Gasteiger partial charge < -0.3 is 10.6 Å². The Balaban J connectivity index is 0.00000208. The summed E-state index contributed by atoms with van der Waals surface area (Å²) in [7, 11) is 0. The first-order valence-electron chi connectivity index (χ1n) is 8.86. The third-order valence-electron chi connectivity index (χ3n) is 5.45. The van der Waals surface area contributed by atoms with E-state index in [1.807, 2.05) is 4.90 Å². The Morgan fingerprint density at radius 3 is 2.33 bits per heavy atom. The number of hydrogen-bond acceptors (Lipinski definition) is 2. The maximum atomic E-state index is 13.1. The molecule has 134 valence electrons. The van der Waals surface area contributed by atoms with E-state index in [-0.39, 0.29) is 29.5 Å². The first kappa shape index (κ1) is 19.2. The minimum atomic E-state index is -0.234. The Kier molecular flexibility index (Phi) is 6.64. The zero-order valence-electron chi connectivity index (χ0n) is 14.2. The van der Waals surface area contributed by atoms with Gasteiger partial charge in [-0.2, -0.15) is 0 Å². The van der Waals surface area contributed by atoms with Gasteiger partial charge in [0, 0.05) is 19.0 Å². The lowest BCUT2D eigenvalue weighted by atomic mass is 9.71. The molecule has 2 saturated carbocycles. The van der Waals surface area contributed by atoms with Crippen molar-refractivity contribution in [2.75, 3.05) is 6.54 Å². The maximum Gasteiger partial charge on any atom is 0.223 e. The molecule has 0 saturated heterocycles. The van der Waals surface area contributed by atoms with Gasteiger partial charge in [-0.25, -0.2) is 4.39 Å². The summed E-state index contributed by atoms with van der Waals surface area (Å²) >= 11 is 0. The second-order valence-corrected chi connectivity index (χ2v) is 7.32. The summed E-state index contributed by atoms with van der Waals surface area (Å²) in [5.41, 5.74) is 7.04. The van der Waals surface area contributed by atoms with Gasteiger partial charge in [0.1, 0.15) is 5.82 Å². The molecule has 2 N–H and O–H groups in total. The highest BCUT2D eigenvalue weighted by molar-refractivity contribution is 5.85. The molecule has 3 nitrogen and oxygen atoms in total. The molecular formula is C19H28ClFN2O. The molecule has 2 aliphatic rings. The number of carbonyl (C=O) groups excluding carboxylic acids is 1. The highest BCUT2D eigenvalue weighted by atomic mass is 35.5. The Morgan fingerprint density at radius 1 is 1.17 bits per heavy atom. The molecule has 1 aromatic rings. The molecule has 0 bridgehead atoms. The van der Waals surface area contributed by atoms with Gasteiger partial charge in [0.25, 0.3) is 0 Å². The molecule has 0 unspecified atom stereocenters. The maximum absolute atomic E-state index is 13.1. The quantitative estimate of drug-likeness (QED) is 0.838. The predicted octanol–water partition coefficient (Wildman–Crippen LogP) is 4.04. The summed E-state index contributed by atoms with van der Waals surface area (Å²) in [6.07, 6.45) is 8.52. The van der Waals surface area contributed by atoms with Crippen LogP contribution in [-0.2, 0) is 11.3 Å². The van der Waals surface area contributed by atoms with Crippen molar-refractivity contribution in [3.05, 3.63) is 35.6 Å². The standard InChI is InChI=1S/C19H27FN2O.ClH/c20-16-6-4-15(5-7-16)13-22(17-8-9-17)18(23)12-19(14-21)10-2-1-3-11-19;/h4-7,17H,1-3,8-14,21H2;1H. The molecule has 0 heterocycles. The van der Waals surface area contributed by atoms with E-state index in [2.05, 4.69) is 0 Å². The molecule has 0 aromatic heterocycles. The van der Waals surface area contributed by atoms with E-state index in [0.29, 0.717) is 25.6 Å². The lowest BCUT2D eigenvalue weighted by molar-refractivity contribution is -0.135. The summed E-state index contributed by atoms with van der Waals surface area (Å²) in [5.74, 6) is -0.00786. The van der Waals surface area contributed by atoms with E-state index >= 15 is 0 Å². The van der Waals surface area contributed by atoms with Crippen molar-refractivity contribution >= 4 is 18.3 Å². The fraction of sp³-hybridized carbons (Fsp3) is 0.632. The van der Waals surface area contributed by atoms with E-state index in [4.69, 9.17) is 5.73 Å². The fourth-order valence-corrected chi connectivity index (χ4v) is 3.77. The third kappa shape index (κ3) is 4.70. The summed E-state index contributed by atoms with van der Waals surface area (Å²) < 4.78 is 13.1. The summed E-state index contributed by atoms with van der Waals surface area (Å²) in [4.78, 5) is 14.9. The van der Waals surface area contributed by atoms with Crippen LogP contribution in [-0.4, -0.2) is 23.4 Å². The molecule has 0 spiro atoms. The topological polar surface area (TPSA) is 46.3 Å². The number of amides is 1. The van der Waals surface area contributed by atoms with Gasteiger partial charge in [-0.1, -0.05) is 31.4 Å². The molecule has 24 heavy (non-hydrogen) atoms. The third-order valence-corrected chi connectivity index (χ3v) is 5.45. The van der Waals surface area contributed by atoms with Crippen molar-refractivity contribution in [3.8, 4) is 0 Å². The van der Waals surface area contributed by atoms with Crippen LogP contribution in [0.2, 0.25) is 0 Å². The van der Waals surface area contributed by atoms with Gasteiger partial charge in [0.05, 0.1) is 0 Å². The first-order valence-corrected chi connectivity index (χ1v) is 8.86. The van der Waals surface area contributed by atoms with Crippen molar-refractivity contribution in [1.29, 1.82) is 0 Å². The fourth-order valence-electron chi connectivity index (χ4n) is 3.77. The normalized spacial score (nSPS) is 19.4. The molecule has 0 atom stereocenters. The number of nitrogens with two attached hydrogens (primary N) is 1. The molecule has 5 heteroatoms. The van der Waals surface area contributed by atoms with Crippen molar-refractivity contribution in [3.63, 3.8) is 0 Å². The SMILES string of the molecule is Cl.NCC1(CC(=O)N(Cc2ccc(F)cc2)C2CC2)CCCCC1. The molecule has 0 radical (unpaired) electrons. The van der Waals surface area contributed by atoms with Crippen LogP contribution >= 0.6 is 12.4 Å². The number of nitrogens with zero attached hydrogens (tertiary/aromatic N) is 1. The summed E-state index contributed by atoms with van der Waals surface area (Å²) in [6, 6.07) is 6.85. The predicted molar refractivity (Wildman–Crippen MR) is 96.4 cm³/mol. The molecule has 0 aliphatic heterocycles. The summed E-state index contributed by atoms with van der Waals surface area (Å²) in [5, 5.41) is 0. The molecule has 2 aliphatic carbocycles. The van der Waals surface area contributed by atoms with E-state index < -0.39 is 0 Å². The van der Waals surface area contributed by atoms with Gasteiger partial charge in [0.2, 0.25) is 5.91 Å². The van der Waals surface area contributed by atoms with Crippen LogP contribution in [0.25, 0.3) is 0 Å². The number of benzene rings is 1. The Hall–Kier alpha value is -1.13. The summed E-state index contributed by atoms with van der Waals surface area (Å²) in [6.45, 7) is 1.19. The number of carbonyl (C=O) groups is 1. The van der Waals surface area contributed by atoms with Crippen LogP contribution in [0.4, 0.5) is 4.39 Å². The smallest absolute Gasteiger partial charge is 0.223 e. The molecule has 1 aromatic carbocycles. The minimum Gasteiger partial charge on any atom is -0.335 e. The zero-order valence-corrected chi connectivity index (χ0v) is 15.0. The average Bonchev–Trinajstić information content (AvgIpc) is 3.40. The van der Waals surface area contributed by atoms with Crippen molar-refractivity contribution in [2.24, 2.45) is 11.1 Å². The second-order valence-electron chi connectivity index (χ2n) is 7.32. The van der Waals surface area contributed by atoms with Gasteiger partial charge in [-0.15, -0.1) is 12.4 Å². The number of hydrogen-bond donors (Lipinski definition) is 1. The Bertz CT molecular complexity index is 539.